The first-order valence-electron chi connectivity index (χ1n) is 5.90. The molecule has 19 heavy (non-hydrogen) atoms. The van der Waals surface area contributed by atoms with E-state index in [1.165, 1.54) is 6.07 Å². The van der Waals surface area contributed by atoms with Crippen LogP contribution >= 0.6 is 15.9 Å². The van der Waals surface area contributed by atoms with Gasteiger partial charge < -0.3 is 10.6 Å². The van der Waals surface area contributed by atoms with Crippen molar-refractivity contribution in [2.45, 2.75) is 20.3 Å². The van der Waals surface area contributed by atoms with Crippen LogP contribution < -0.4 is 10.6 Å². The molecular formula is C12H16BrN3O3. The third-order valence-electron chi connectivity index (χ3n) is 2.49. The average molecular weight is 330 g/mol. The van der Waals surface area contributed by atoms with E-state index in [2.05, 4.69) is 26.6 Å². The number of nitro benzene ring substituents is 1. The molecule has 0 aliphatic heterocycles. The topological polar surface area (TPSA) is 84.3 Å². The van der Waals surface area contributed by atoms with Crippen LogP contribution in [0.25, 0.3) is 0 Å². The summed E-state index contributed by atoms with van der Waals surface area (Å²) < 4.78 is 0.563. The highest BCUT2D eigenvalue weighted by Gasteiger charge is 2.14. The number of nitrogens with zero attached hydrogens (tertiary/aromatic N) is 1. The summed E-state index contributed by atoms with van der Waals surface area (Å²) in [5.41, 5.74) is 1.26. The highest BCUT2D eigenvalue weighted by Crippen LogP contribution is 2.30. The molecule has 6 nitrogen and oxygen atoms in total. The van der Waals surface area contributed by atoms with Gasteiger partial charge in [-0.15, -0.1) is 0 Å². The number of halogens is 1. The smallest absolute Gasteiger partial charge is 0.273 e. The van der Waals surface area contributed by atoms with Crippen molar-refractivity contribution in [3.63, 3.8) is 0 Å². The van der Waals surface area contributed by atoms with Gasteiger partial charge in [-0.1, -0.05) is 6.92 Å². The molecular weight excluding hydrogens is 314 g/mol. The van der Waals surface area contributed by atoms with E-state index >= 15 is 0 Å². The molecule has 0 heterocycles. The van der Waals surface area contributed by atoms with Crippen LogP contribution in [0.3, 0.4) is 0 Å². The van der Waals surface area contributed by atoms with Gasteiger partial charge in [-0.3, -0.25) is 14.9 Å². The Morgan fingerprint density at radius 2 is 2.16 bits per heavy atom. The number of aryl methyl sites for hydroxylation is 1. The Hall–Kier alpha value is -1.63. The van der Waals surface area contributed by atoms with Crippen molar-refractivity contribution in [1.82, 2.24) is 5.32 Å². The molecule has 0 radical (unpaired) electrons. The number of hydrogen-bond donors (Lipinski definition) is 2. The van der Waals surface area contributed by atoms with Crippen molar-refractivity contribution in [3.8, 4) is 0 Å². The van der Waals surface area contributed by atoms with Crippen LogP contribution in [0.5, 0.6) is 0 Å². The summed E-state index contributed by atoms with van der Waals surface area (Å²) in [4.78, 5) is 21.8. The zero-order valence-electron chi connectivity index (χ0n) is 10.8. The maximum absolute atomic E-state index is 11.4. The van der Waals surface area contributed by atoms with Crippen LogP contribution in [0.2, 0.25) is 0 Å². The Morgan fingerprint density at radius 1 is 1.47 bits per heavy atom. The molecule has 0 spiro atoms. The fraction of sp³-hybridized carbons (Fsp3) is 0.417. The number of carbonyl (C=O) groups is 1. The van der Waals surface area contributed by atoms with E-state index in [-0.39, 0.29) is 18.1 Å². The van der Waals surface area contributed by atoms with Crippen molar-refractivity contribution < 1.29 is 9.72 Å². The van der Waals surface area contributed by atoms with Gasteiger partial charge in [0.25, 0.3) is 5.69 Å². The van der Waals surface area contributed by atoms with Crippen molar-refractivity contribution in [3.05, 3.63) is 32.3 Å². The van der Waals surface area contributed by atoms with Crippen LogP contribution in [0.15, 0.2) is 16.6 Å². The molecule has 7 heteroatoms. The Balaban J connectivity index is 2.72. The molecule has 0 aliphatic rings. The van der Waals surface area contributed by atoms with Crippen molar-refractivity contribution >= 4 is 33.2 Å². The lowest BCUT2D eigenvalue weighted by Gasteiger charge is -2.10. The van der Waals surface area contributed by atoms with Crippen LogP contribution in [0, 0.1) is 17.0 Å². The molecule has 104 valence electrons. The summed E-state index contributed by atoms with van der Waals surface area (Å²) in [5, 5.41) is 16.5. The molecule has 2 N–H and O–H groups in total. The number of carbonyl (C=O) groups excluding carboxylic acids is 1. The summed E-state index contributed by atoms with van der Waals surface area (Å²) in [7, 11) is 0. The van der Waals surface area contributed by atoms with E-state index < -0.39 is 4.92 Å². The summed E-state index contributed by atoms with van der Waals surface area (Å²) >= 11 is 3.25. The Labute approximate surface area is 119 Å². The molecule has 0 aliphatic carbocycles. The second-order valence-electron chi connectivity index (χ2n) is 4.08. The number of amides is 1. The lowest BCUT2D eigenvalue weighted by molar-refractivity contribution is -0.385. The highest BCUT2D eigenvalue weighted by molar-refractivity contribution is 9.10. The average Bonchev–Trinajstić information content (AvgIpc) is 2.36. The van der Waals surface area contributed by atoms with Gasteiger partial charge in [0.2, 0.25) is 5.91 Å². The molecule has 0 saturated heterocycles. The first kappa shape index (κ1) is 15.4. The van der Waals surface area contributed by atoms with Gasteiger partial charge in [0, 0.05) is 28.3 Å². The second kappa shape index (κ2) is 7.08. The number of nitro groups is 1. The number of rotatable bonds is 6. The quantitative estimate of drug-likeness (QED) is 0.620. The van der Waals surface area contributed by atoms with Crippen LogP contribution in [-0.2, 0) is 4.79 Å². The number of anilines is 1. The van der Waals surface area contributed by atoms with Crippen LogP contribution in [-0.4, -0.2) is 23.9 Å². The Kier molecular flexibility index (Phi) is 5.75. The summed E-state index contributed by atoms with van der Waals surface area (Å²) in [5.74, 6) is -0.107. The van der Waals surface area contributed by atoms with E-state index in [4.69, 9.17) is 0 Å². The van der Waals surface area contributed by atoms with Gasteiger partial charge in [-0.05, 0) is 35.3 Å². The molecule has 0 saturated carbocycles. The van der Waals surface area contributed by atoms with Gasteiger partial charge in [0.1, 0.15) is 0 Å². The molecule has 0 fully saturated rings. The Bertz CT molecular complexity index is 491. The molecule has 1 aromatic rings. The van der Waals surface area contributed by atoms with Crippen LogP contribution in [0.1, 0.15) is 18.9 Å². The van der Waals surface area contributed by atoms with Gasteiger partial charge in [-0.25, -0.2) is 0 Å². The first-order valence-corrected chi connectivity index (χ1v) is 6.70. The van der Waals surface area contributed by atoms with Gasteiger partial charge in [0.15, 0.2) is 0 Å². The van der Waals surface area contributed by atoms with E-state index in [0.29, 0.717) is 22.3 Å². The number of hydrogen-bond acceptors (Lipinski definition) is 4. The molecule has 0 atom stereocenters. The molecule has 0 bridgehead atoms. The minimum Gasteiger partial charge on any atom is -0.375 e. The zero-order chi connectivity index (χ0) is 14.4. The van der Waals surface area contributed by atoms with E-state index in [1.54, 1.807) is 13.0 Å². The van der Waals surface area contributed by atoms with Gasteiger partial charge >= 0.3 is 0 Å². The SMILES string of the molecule is CCCNC(=O)CNc1cc(C)c([N+](=O)[O-])cc1Br. The third kappa shape index (κ3) is 4.51. The summed E-state index contributed by atoms with van der Waals surface area (Å²) in [6, 6.07) is 3.08. The maximum atomic E-state index is 11.4. The monoisotopic (exact) mass is 329 g/mol. The van der Waals surface area contributed by atoms with Crippen molar-refractivity contribution in [2.75, 3.05) is 18.4 Å². The molecule has 1 amide bonds. The predicted octanol–water partition coefficient (Wildman–Crippen LogP) is 2.60. The third-order valence-corrected chi connectivity index (χ3v) is 3.15. The highest BCUT2D eigenvalue weighted by atomic mass is 79.9. The zero-order valence-corrected chi connectivity index (χ0v) is 12.4. The second-order valence-corrected chi connectivity index (χ2v) is 4.93. The molecule has 0 aromatic heterocycles. The largest absolute Gasteiger partial charge is 0.375 e. The normalized spacial score (nSPS) is 10.1. The Morgan fingerprint density at radius 3 is 2.74 bits per heavy atom. The summed E-state index contributed by atoms with van der Waals surface area (Å²) in [6.45, 7) is 4.41. The molecule has 0 unspecified atom stereocenters. The minimum absolute atomic E-state index is 0.0489. The van der Waals surface area contributed by atoms with Crippen molar-refractivity contribution in [1.29, 1.82) is 0 Å². The van der Waals surface area contributed by atoms with E-state index in [1.807, 2.05) is 6.92 Å². The standard InChI is InChI=1S/C12H16BrN3O3/c1-3-4-14-12(17)7-15-10-5-8(2)11(16(18)19)6-9(10)13/h5-6,15H,3-4,7H2,1-2H3,(H,14,17). The number of benzene rings is 1. The maximum Gasteiger partial charge on any atom is 0.273 e. The fourth-order valence-electron chi connectivity index (χ4n) is 1.51. The minimum atomic E-state index is -0.433. The van der Waals surface area contributed by atoms with E-state index in [0.717, 1.165) is 6.42 Å². The fourth-order valence-corrected chi connectivity index (χ4v) is 1.98. The van der Waals surface area contributed by atoms with Gasteiger partial charge in [0.05, 0.1) is 11.5 Å². The lowest BCUT2D eigenvalue weighted by atomic mass is 10.2. The van der Waals surface area contributed by atoms with Gasteiger partial charge in [-0.2, -0.15) is 0 Å². The first-order chi connectivity index (χ1) is 8.95. The summed E-state index contributed by atoms with van der Waals surface area (Å²) in [6.07, 6.45) is 0.881. The van der Waals surface area contributed by atoms with E-state index in [9.17, 15) is 14.9 Å². The predicted molar refractivity (Wildman–Crippen MR) is 77.3 cm³/mol. The van der Waals surface area contributed by atoms with Crippen molar-refractivity contribution in [2.24, 2.45) is 0 Å². The molecule has 1 rings (SSSR count). The number of nitrogens with one attached hydrogen (secondary N) is 2. The van der Waals surface area contributed by atoms with Crippen LogP contribution in [0.4, 0.5) is 11.4 Å². The lowest BCUT2D eigenvalue weighted by Crippen LogP contribution is -2.30. The molecule has 1 aromatic carbocycles.